The monoisotopic (exact) mass is 498 g/mol. The largest absolute Gasteiger partial charge is 0.492 e. The molecule has 3 aromatic carbocycles. The molecule has 0 bridgehead atoms. The molecule has 10 heteroatoms. The highest BCUT2D eigenvalue weighted by molar-refractivity contribution is 7.92. The Kier molecular flexibility index (Phi) is 7.33. The molecule has 0 atom stereocenters. The number of sulfonamides is 1. The Morgan fingerprint density at radius 1 is 0.935 bits per heavy atom. The number of anilines is 2. The van der Waals surface area contributed by atoms with Crippen LogP contribution in [0.3, 0.4) is 0 Å². The highest BCUT2D eigenvalue weighted by Crippen LogP contribution is 2.31. The average molecular weight is 500 g/mol. The van der Waals surface area contributed by atoms with Gasteiger partial charge in [0.15, 0.2) is 0 Å². The minimum atomic E-state index is -3.98. The topological polar surface area (TPSA) is 84.5 Å². The maximum Gasteiger partial charge on any atom is 0.261 e. The summed E-state index contributed by atoms with van der Waals surface area (Å²) in [4.78, 5) is 12.5. The van der Waals surface area contributed by atoms with Gasteiger partial charge in [-0.05, 0) is 67.6 Å². The normalized spacial score (nSPS) is 11.1. The van der Waals surface area contributed by atoms with Gasteiger partial charge in [0.2, 0.25) is 0 Å². The summed E-state index contributed by atoms with van der Waals surface area (Å²) in [7, 11) is -3.98. The van der Waals surface area contributed by atoms with E-state index in [9.17, 15) is 13.2 Å². The van der Waals surface area contributed by atoms with Gasteiger partial charge in [-0.1, -0.05) is 34.8 Å². The molecule has 31 heavy (non-hydrogen) atoms. The lowest BCUT2D eigenvalue weighted by molar-refractivity contribution is 0.102. The van der Waals surface area contributed by atoms with Crippen LogP contribution < -0.4 is 14.8 Å². The zero-order valence-electron chi connectivity index (χ0n) is 16.2. The Morgan fingerprint density at radius 2 is 1.65 bits per heavy atom. The van der Waals surface area contributed by atoms with E-state index in [-0.39, 0.29) is 21.3 Å². The zero-order valence-corrected chi connectivity index (χ0v) is 19.2. The van der Waals surface area contributed by atoms with E-state index in [0.717, 1.165) is 0 Å². The molecule has 0 aromatic heterocycles. The number of ether oxygens (including phenoxy) is 1. The molecule has 6 nitrogen and oxygen atoms in total. The Hall–Kier alpha value is -2.45. The van der Waals surface area contributed by atoms with Crippen LogP contribution in [0, 0.1) is 0 Å². The van der Waals surface area contributed by atoms with Gasteiger partial charge in [-0.3, -0.25) is 9.52 Å². The number of rotatable bonds is 7. The van der Waals surface area contributed by atoms with Crippen molar-refractivity contribution in [2.45, 2.75) is 11.8 Å². The molecule has 2 N–H and O–H groups in total. The fraction of sp³-hybridized carbons (Fsp3) is 0.0952. The molecule has 0 aliphatic rings. The second-order valence-electron chi connectivity index (χ2n) is 6.29. The standard InChI is InChI=1S/C21H17Cl3N2O4S/c1-2-30-20-10-8-16(31(28,29)26-15-7-9-17(23)18(24)11-15)12-19(20)25-21(27)13-3-5-14(22)6-4-13/h3-12,26H,2H2,1H3,(H,25,27). The van der Waals surface area contributed by atoms with E-state index in [4.69, 9.17) is 39.5 Å². The number of carbonyl (C=O) groups excluding carboxylic acids is 1. The molecule has 0 spiro atoms. The third-order valence-electron chi connectivity index (χ3n) is 4.09. The third-order valence-corrected chi connectivity index (χ3v) is 6.46. The summed E-state index contributed by atoms with van der Waals surface area (Å²) in [6.07, 6.45) is 0. The van der Waals surface area contributed by atoms with Crippen LogP contribution in [0.25, 0.3) is 0 Å². The molecule has 0 fully saturated rings. The molecule has 1 amide bonds. The van der Waals surface area contributed by atoms with E-state index in [1.165, 1.54) is 36.4 Å². The Morgan fingerprint density at radius 3 is 2.29 bits per heavy atom. The first-order valence-electron chi connectivity index (χ1n) is 9.01. The number of carbonyl (C=O) groups is 1. The van der Waals surface area contributed by atoms with Crippen molar-refractivity contribution in [2.24, 2.45) is 0 Å². The van der Waals surface area contributed by atoms with Gasteiger partial charge in [-0.2, -0.15) is 0 Å². The number of hydrogen-bond donors (Lipinski definition) is 2. The van der Waals surface area contributed by atoms with E-state index in [1.54, 1.807) is 31.2 Å². The van der Waals surface area contributed by atoms with Crippen LogP contribution in [0.5, 0.6) is 5.75 Å². The fourth-order valence-electron chi connectivity index (χ4n) is 2.62. The molecule has 0 radical (unpaired) electrons. The maximum atomic E-state index is 12.9. The van der Waals surface area contributed by atoms with E-state index < -0.39 is 15.9 Å². The van der Waals surface area contributed by atoms with Crippen molar-refractivity contribution in [1.29, 1.82) is 0 Å². The van der Waals surface area contributed by atoms with Crippen molar-refractivity contribution in [2.75, 3.05) is 16.6 Å². The van der Waals surface area contributed by atoms with Crippen LogP contribution in [0.15, 0.2) is 65.6 Å². The lowest BCUT2D eigenvalue weighted by atomic mass is 10.2. The van der Waals surface area contributed by atoms with Crippen LogP contribution in [-0.4, -0.2) is 20.9 Å². The molecule has 0 aliphatic carbocycles. The Labute approximate surface area is 195 Å². The van der Waals surface area contributed by atoms with Crippen molar-refractivity contribution in [3.63, 3.8) is 0 Å². The van der Waals surface area contributed by atoms with Crippen molar-refractivity contribution in [1.82, 2.24) is 0 Å². The number of nitrogens with one attached hydrogen (secondary N) is 2. The minimum absolute atomic E-state index is 0.0755. The van der Waals surface area contributed by atoms with Crippen LogP contribution in [0.2, 0.25) is 15.1 Å². The summed E-state index contributed by atoms with van der Waals surface area (Å²) >= 11 is 17.7. The van der Waals surface area contributed by atoms with Gasteiger partial charge in [0, 0.05) is 10.6 Å². The van der Waals surface area contributed by atoms with Crippen molar-refractivity contribution in [3.05, 3.63) is 81.3 Å². The predicted molar refractivity (Wildman–Crippen MR) is 124 cm³/mol. The Balaban J connectivity index is 1.91. The first kappa shape index (κ1) is 23.2. The smallest absolute Gasteiger partial charge is 0.261 e. The molecule has 0 saturated carbocycles. The average Bonchev–Trinajstić information content (AvgIpc) is 2.72. The second-order valence-corrected chi connectivity index (χ2v) is 9.22. The summed E-state index contributed by atoms with van der Waals surface area (Å²) < 4.78 is 33.7. The van der Waals surface area contributed by atoms with Crippen molar-refractivity contribution in [3.8, 4) is 5.75 Å². The number of amides is 1. The van der Waals surface area contributed by atoms with Gasteiger partial charge in [-0.25, -0.2) is 8.42 Å². The van der Waals surface area contributed by atoms with Crippen molar-refractivity contribution < 1.29 is 17.9 Å². The van der Waals surface area contributed by atoms with Crippen LogP contribution in [0.1, 0.15) is 17.3 Å². The zero-order chi connectivity index (χ0) is 22.6. The number of benzene rings is 3. The van der Waals surface area contributed by atoms with Gasteiger partial charge in [0.1, 0.15) is 5.75 Å². The van der Waals surface area contributed by atoms with Crippen molar-refractivity contribution >= 4 is 62.1 Å². The van der Waals surface area contributed by atoms with Gasteiger partial charge >= 0.3 is 0 Å². The Bertz CT molecular complexity index is 1220. The lowest BCUT2D eigenvalue weighted by Crippen LogP contribution is -2.16. The summed E-state index contributed by atoms with van der Waals surface area (Å²) in [5, 5.41) is 3.70. The van der Waals surface area contributed by atoms with Gasteiger partial charge < -0.3 is 10.1 Å². The van der Waals surface area contributed by atoms with Crippen LogP contribution in [-0.2, 0) is 10.0 Å². The molecular weight excluding hydrogens is 483 g/mol. The first-order chi connectivity index (χ1) is 14.7. The summed E-state index contributed by atoms with van der Waals surface area (Å²) in [6.45, 7) is 2.11. The summed E-state index contributed by atoms with van der Waals surface area (Å²) in [6, 6.07) is 14.8. The van der Waals surface area contributed by atoms with E-state index >= 15 is 0 Å². The molecule has 3 aromatic rings. The lowest BCUT2D eigenvalue weighted by Gasteiger charge is -2.14. The van der Waals surface area contributed by atoms with E-state index in [1.807, 2.05) is 0 Å². The molecule has 0 heterocycles. The number of hydrogen-bond acceptors (Lipinski definition) is 4. The quantitative estimate of drug-likeness (QED) is 0.411. The third kappa shape index (κ3) is 5.83. The first-order valence-corrected chi connectivity index (χ1v) is 11.6. The summed E-state index contributed by atoms with van der Waals surface area (Å²) in [5.41, 5.74) is 0.808. The molecule has 162 valence electrons. The van der Waals surface area contributed by atoms with Gasteiger partial charge in [-0.15, -0.1) is 0 Å². The molecular formula is C21H17Cl3N2O4S. The van der Waals surface area contributed by atoms with Crippen LogP contribution >= 0.6 is 34.8 Å². The maximum absolute atomic E-state index is 12.9. The molecule has 0 saturated heterocycles. The second kappa shape index (κ2) is 9.78. The minimum Gasteiger partial charge on any atom is -0.492 e. The molecule has 3 rings (SSSR count). The van der Waals surface area contributed by atoms with Crippen LogP contribution in [0.4, 0.5) is 11.4 Å². The van der Waals surface area contributed by atoms with Gasteiger partial charge in [0.05, 0.1) is 32.9 Å². The SMILES string of the molecule is CCOc1ccc(S(=O)(=O)Nc2ccc(Cl)c(Cl)c2)cc1NC(=O)c1ccc(Cl)cc1. The van der Waals surface area contributed by atoms with E-state index in [0.29, 0.717) is 28.0 Å². The highest BCUT2D eigenvalue weighted by Gasteiger charge is 2.19. The number of halogens is 3. The highest BCUT2D eigenvalue weighted by atomic mass is 35.5. The predicted octanol–water partition coefficient (Wildman–Crippen LogP) is 6.10. The summed E-state index contributed by atoms with van der Waals surface area (Å²) in [5.74, 6) is -0.108. The fourth-order valence-corrected chi connectivity index (χ4v) is 4.12. The van der Waals surface area contributed by atoms with Gasteiger partial charge in [0.25, 0.3) is 15.9 Å². The van der Waals surface area contributed by atoms with E-state index in [2.05, 4.69) is 10.0 Å². The molecule has 0 unspecified atom stereocenters. The molecule has 0 aliphatic heterocycles.